The Bertz CT molecular complexity index is 1160. The van der Waals surface area contributed by atoms with Crippen LogP contribution in [0.25, 0.3) is 6.08 Å². The monoisotopic (exact) mass is 510 g/mol. The molecule has 0 saturated carbocycles. The fourth-order valence-corrected chi connectivity index (χ4v) is 4.57. The first-order chi connectivity index (χ1) is 17.4. The van der Waals surface area contributed by atoms with Crippen molar-refractivity contribution in [2.24, 2.45) is 11.8 Å². The lowest BCUT2D eigenvalue weighted by atomic mass is 9.89. The number of aromatic nitrogens is 1. The van der Waals surface area contributed by atoms with E-state index in [1.807, 2.05) is 57.2 Å². The maximum atomic E-state index is 13.0. The van der Waals surface area contributed by atoms with Gasteiger partial charge in [0.2, 0.25) is 5.91 Å². The van der Waals surface area contributed by atoms with Gasteiger partial charge >= 0.3 is 11.9 Å². The van der Waals surface area contributed by atoms with Crippen molar-refractivity contribution in [3.8, 4) is 0 Å². The van der Waals surface area contributed by atoms with Gasteiger partial charge in [-0.2, -0.15) is 0 Å². The van der Waals surface area contributed by atoms with Crippen LogP contribution in [0.2, 0.25) is 0 Å². The first kappa shape index (κ1) is 28.2. The SMILES string of the molecule is COC(=O)CCc1c(C(=O)OC(C)(C)C)[nH]c(/C=C2\NC(=O)[C@H](C)[C@H]2[C@H](C)OCc2ccccc2)c1C. The molecule has 3 atom stereocenters. The molecular formula is C29H38N2O6. The zero-order chi connectivity index (χ0) is 27.3. The minimum atomic E-state index is -0.681. The number of aromatic amines is 1. The fraction of sp³-hybridized carbons (Fsp3) is 0.483. The van der Waals surface area contributed by atoms with Gasteiger partial charge in [0.05, 0.1) is 19.8 Å². The van der Waals surface area contributed by atoms with Crippen LogP contribution in [-0.2, 0) is 36.8 Å². The lowest BCUT2D eigenvalue weighted by Crippen LogP contribution is -2.26. The average molecular weight is 511 g/mol. The third-order valence-corrected chi connectivity index (χ3v) is 6.57. The van der Waals surface area contributed by atoms with E-state index in [-0.39, 0.29) is 36.2 Å². The van der Waals surface area contributed by atoms with Crippen LogP contribution in [0.5, 0.6) is 0 Å². The van der Waals surface area contributed by atoms with E-state index < -0.39 is 11.6 Å². The summed E-state index contributed by atoms with van der Waals surface area (Å²) in [5.41, 5.74) is 3.56. The van der Waals surface area contributed by atoms with E-state index in [0.717, 1.165) is 16.8 Å². The second-order valence-electron chi connectivity index (χ2n) is 10.5. The number of amides is 1. The molecule has 1 amide bonds. The number of hydrogen-bond donors (Lipinski definition) is 2. The highest BCUT2D eigenvalue weighted by atomic mass is 16.6. The predicted molar refractivity (Wildman–Crippen MR) is 141 cm³/mol. The van der Waals surface area contributed by atoms with Crippen LogP contribution < -0.4 is 5.32 Å². The Kier molecular flexibility index (Phi) is 8.97. The van der Waals surface area contributed by atoms with Crippen molar-refractivity contribution in [1.29, 1.82) is 0 Å². The molecule has 37 heavy (non-hydrogen) atoms. The number of nitrogens with one attached hydrogen (secondary N) is 2. The third-order valence-electron chi connectivity index (χ3n) is 6.57. The molecule has 2 aromatic rings. The Morgan fingerprint density at radius 2 is 1.84 bits per heavy atom. The molecule has 1 saturated heterocycles. The normalized spacial score (nSPS) is 19.5. The number of esters is 2. The number of carbonyl (C=O) groups is 3. The van der Waals surface area contributed by atoms with E-state index in [1.54, 1.807) is 20.8 Å². The number of ether oxygens (including phenoxy) is 3. The van der Waals surface area contributed by atoms with Crippen molar-refractivity contribution in [3.05, 3.63) is 64.1 Å². The molecule has 2 heterocycles. The second-order valence-corrected chi connectivity index (χ2v) is 10.5. The number of carbonyl (C=O) groups excluding carboxylic acids is 3. The van der Waals surface area contributed by atoms with Gasteiger partial charge in [-0.3, -0.25) is 9.59 Å². The maximum absolute atomic E-state index is 13.0. The van der Waals surface area contributed by atoms with E-state index >= 15 is 0 Å². The smallest absolute Gasteiger partial charge is 0.355 e. The Morgan fingerprint density at radius 1 is 1.16 bits per heavy atom. The summed E-state index contributed by atoms with van der Waals surface area (Å²) in [6.45, 7) is 11.6. The van der Waals surface area contributed by atoms with Crippen molar-refractivity contribution < 1.29 is 28.6 Å². The summed E-state index contributed by atoms with van der Waals surface area (Å²) in [6.07, 6.45) is 2.07. The summed E-state index contributed by atoms with van der Waals surface area (Å²) in [7, 11) is 1.34. The Morgan fingerprint density at radius 3 is 2.46 bits per heavy atom. The molecule has 200 valence electrons. The molecule has 0 radical (unpaired) electrons. The fourth-order valence-electron chi connectivity index (χ4n) is 4.57. The van der Waals surface area contributed by atoms with Gasteiger partial charge in [0.1, 0.15) is 11.3 Å². The van der Waals surface area contributed by atoms with Gasteiger partial charge in [-0.15, -0.1) is 0 Å². The van der Waals surface area contributed by atoms with E-state index in [1.165, 1.54) is 7.11 Å². The van der Waals surface area contributed by atoms with Gasteiger partial charge in [0, 0.05) is 29.6 Å². The van der Waals surface area contributed by atoms with Crippen LogP contribution >= 0.6 is 0 Å². The molecule has 3 rings (SSSR count). The zero-order valence-corrected chi connectivity index (χ0v) is 22.8. The first-order valence-corrected chi connectivity index (χ1v) is 12.6. The first-order valence-electron chi connectivity index (χ1n) is 12.6. The lowest BCUT2D eigenvalue weighted by molar-refractivity contribution is -0.140. The van der Waals surface area contributed by atoms with Gasteiger partial charge in [-0.1, -0.05) is 37.3 Å². The van der Waals surface area contributed by atoms with Crippen LogP contribution in [0.3, 0.4) is 0 Å². The highest BCUT2D eigenvalue weighted by molar-refractivity contribution is 5.91. The molecule has 1 aliphatic heterocycles. The quantitative estimate of drug-likeness (QED) is 0.473. The van der Waals surface area contributed by atoms with Crippen LogP contribution in [0.4, 0.5) is 0 Å². The summed E-state index contributed by atoms with van der Waals surface area (Å²) in [4.78, 5) is 40.7. The summed E-state index contributed by atoms with van der Waals surface area (Å²) >= 11 is 0. The van der Waals surface area contributed by atoms with Crippen LogP contribution in [0.1, 0.15) is 73.9 Å². The van der Waals surface area contributed by atoms with Crippen LogP contribution in [0, 0.1) is 18.8 Å². The number of methoxy groups -OCH3 is 1. The predicted octanol–water partition coefficient (Wildman–Crippen LogP) is 4.71. The van der Waals surface area contributed by atoms with Crippen molar-refractivity contribution >= 4 is 23.9 Å². The largest absolute Gasteiger partial charge is 0.469 e. The third kappa shape index (κ3) is 7.10. The molecule has 1 aromatic carbocycles. The number of benzene rings is 1. The Labute approximate surface area is 218 Å². The van der Waals surface area contributed by atoms with E-state index in [0.29, 0.717) is 30.0 Å². The zero-order valence-electron chi connectivity index (χ0n) is 22.8. The van der Waals surface area contributed by atoms with Gasteiger partial charge < -0.3 is 24.5 Å². The van der Waals surface area contributed by atoms with Gasteiger partial charge in [0.15, 0.2) is 0 Å². The molecule has 1 aromatic heterocycles. The topological polar surface area (TPSA) is 107 Å². The second kappa shape index (κ2) is 11.8. The molecule has 8 heteroatoms. The standard InChI is InChI=1S/C29H38N2O6/c1-17-21(13-14-24(32)35-7)26(28(34)37-29(4,5)6)30-22(17)15-23-25(18(2)27(33)31-23)19(3)36-16-20-11-9-8-10-12-20/h8-12,15,18-19,25,30H,13-14,16H2,1-7H3,(H,31,33)/b23-15-/t18-,19+,25+/m1/s1. The van der Waals surface area contributed by atoms with Gasteiger partial charge in [-0.05, 0) is 63.8 Å². The highest BCUT2D eigenvalue weighted by Crippen LogP contribution is 2.34. The molecule has 0 unspecified atom stereocenters. The molecule has 1 fully saturated rings. The van der Waals surface area contributed by atoms with Gasteiger partial charge in [-0.25, -0.2) is 4.79 Å². The highest BCUT2D eigenvalue weighted by Gasteiger charge is 2.39. The maximum Gasteiger partial charge on any atom is 0.355 e. The molecule has 0 aliphatic carbocycles. The van der Waals surface area contributed by atoms with Gasteiger partial charge in [0.25, 0.3) is 0 Å². The number of H-pyrrole nitrogens is 1. The molecule has 0 bridgehead atoms. The molecule has 0 spiro atoms. The van der Waals surface area contributed by atoms with E-state index in [2.05, 4.69) is 10.3 Å². The minimum Gasteiger partial charge on any atom is -0.469 e. The Hall–Kier alpha value is -3.39. The van der Waals surface area contributed by atoms with Crippen molar-refractivity contribution in [3.63, 3.8) is 0 Å². The van der Waals surface area contributed by atoms with Crippen LogP contribution in [-0.4, -0.2) is 41.6 Å². The summed E-state index contributed by atoms with van der Waals surface area (Å²) < 4.78 is 16.6. The summed E-state index contributed by atoms with van der Waals surface area (Å²) in [6, 6.07) is 9.89. The number of hydrogen-bond acceptors (Lipinski definition) is 6. The molecule has 1 aliphatic rings. The van der Waals surface area contributed by atoms with Crippen molar-refractivity contribution in [2.45, 2.75) is 72.7 Å². The lowest BCUT2D eigenvalue weighted by Gasteiger charge is -2.23. The minimum absolute atomic E-state index is 0.0751. The summed E-state index contributed by atoms with van der Waals surface area (Å²) in [5, 5.41) is 3.00. The average Bonchev–Trinajstić information content (AvgIpc) is 3.30. The van der Waals surface area contributed by atoms with Crippen molar-refractivity contribution in [2.75, 3.05) is 7.11 Å². The Balaban J connectivity index is 1.93. The molecular weight excluding hydrogens is 472 g/mol. The van der Waals surface area contributed by atoms with Crippen molar-refractivity contribution in [1.82, 2.24) is 10.3 Å². The van der Waals surface area contributed by atoms with Crippen LogP contribution in [0.15, 0.2) is 36.0 Å². The summed E-state index contributed by atoms with van der Waals surface area (Å²) in [5.74, 6) is -1.41. The molecule has 2 N–H and O–H groups in total. The van der Waals surface area contributed by atoms with E-state index in [4.69, 9.17) is 14.2 Å². The van der Waals surface area contributed by atoms with E-state index in [9.17, 15) is 14.4 Å². The number of rotatable bonds is 9. The molecule has 8 nitrogen and oxygen atoms in total.